The Balaban J connectivity index is 2.23. The minimum absolute atomic E-state index is 0.286. The van der Waals surface area contributed by atoms with Gasteiger partial charge in [0.05, 0.1) is 13.7 Å². The molecule has 0 heterocycles. The first kappa shape index (κ1) is 13.3. The normalized spacial score (nSPS) is 59.5. The topological polar surface area (TPSA) is 34.1 Å². The third-order valence-corrected chi connectivity index (χ3v) is 8.88. The second-order valence-electron chi connectivity index (χ2n) is 5.23. The zero-order chi connectivity index (χ0) is 12.0. The Kier molecular flexibility index (Phi) is 2.87. The van der Waals surface area contributed by atoms with Crippen LogP contribution in [-0.4, -0.2) is 25.3 Å². The van der Waals surface area contributed by atoms with Crippen LogP contribution in [0.25, 0.3) is 0 Å². The lowest BCUT2D eigenvalue weighted by Gasteiger charge is -2.62. The molecule has 0 aromatic rings. The van der Waals surface area contributed by atoms with Crippen LogP contribution in [0.3, 0.4) is 0 Å². The van der Waals surface area contributed by atoms with Crippen molar-refractivity contribution in [2.24, 2.45) is 0 Å². The fourth-order valence-corrected chi connectivity index (χ4v) is 14.7. The van der Waals surface area contributed by atoms with E-state index in [0.29, 0.717) is 11.6 Å². The highest BCUT2D eigenvalue weighted by atomic mass is 127. The van der Waals surface area contributed by atoms with Crippen molar-refractivity contribution in [2.75, 3.05) is 0 Å². The maximum absolute atomic E-state index is 12.5. The van der Waals surface area contributed by atoms with E-state index in [2.05, 4.69) is 90.4 Å². The maximum atomic E-state index is 12.5. The highest BCUT2D eigenvalue weighted by Crippen LogP contribution is 2.68. The zero-order valence-corrected chi connectivity index (χ0v) is 16.8. The predicted molar refractivity (Wildman–Crippen MR) is 95.5 cm³/mol. The quantitative estimate of drug-likeness (QED) is 0.294. The average molecular weight is 668 g/mol. The maximum Gasteiger partial charge on any atom is 0.164 e. The summed E-state index contributed by atoms with van der Waals surface area (Å²) in [5.41, 5.74) is 0. The van der Waals surface area contributed by atoms with Gasteiger partial charge < -0.3 is 0 Å². The molecule has 0 aliphatic heterocycles. The van der Waals surface area contributed by atoms with Crippen molar-refractivity contribution in [3.8, 4) is 0 Å². The van der Waals surface area contributed by atoms with Gasteiger partial charge in [-0.2, -0.15) is 0 Å². The Labute approximate surface area is 148 Å². The van der Waals surface area contributed by atoms with Crippen molar-refractivity contribution >= 4 is 102 Å². The molecule has 16 heavy (non-hydrogen) atoms. The summed E-state index contributed by atoms with van der Waals surface area (Å²) in [7, 11) is 0. The first-order valence-electron chi connectivity index (χ1n) is 4.99. The summed E-state index contributed by atoms with van der Waals surface area (Å²) >= 11 is 9.26. The van der Waals surface area contributed by atoms with Gasteiger partial charge in [-0.25, -0.2) is 0 Å². The van der Waals surface area contributed by atoms with Crippen LogP contribution in [-0.2, 0) is 9.59 Å². The molecule has 4 saturated carbocycles. The first-order valence-corrected chi connectivity index (χ1v) is 9.31. The number of hydrogen-bond donors (Lipinski definition) is 0. The summed E-state index contributed by atoms with van der Waals surface area (Å²) in [6, 6.07) is 0. The molecule has 88 valence electrons. The van der Waals surface area contributed by atoms with E-state index in [0.717, 1.165) is 25.7 Å². The number of alkyl halides is 4. The summed E-state index contributed by atoms with van der Waals surface area (Å²) in [5.74, 6) is 0.765. The number of rotatable bonds is 0. The van der Waals surface area contributed by atoms with Crippen molar-refractivity contribution in [1.82, 2.24) is 0 Å². The standard InChI is InChI=1S/C10H8I4O2/c11-7-1-8(12)3-10(14,5(7)15)4-9(13,2-7)6(8)16/h1-4H2. The van der Waals surface area contributed by atoms with Gasteiger partial charge in [-0.3, -0.25) is 9.59 Å². The van der Waals surface area contributed by atoms with E-state index in [1.54, 1.807) is 0 Å². The van der Waals surface area contributed by atoms with Crippen LogP contribution in [0.4, 0.5) is 0 Å². The van der Waals surface area contributed by atoms with Gasteiger partial charge >= 0.3 is 0 Å². The van der Waals surface area contributed by atoms with Gasteiger partial charge in [0.2, 0.25) is 0 Å². The smallest absolute Gasteiger partial charge is 0.164 e. The molecule has 2 nitrogen and oxygen atoms in total. The lowest BCUT2D eigenvalue weighted by Crippen LogP contribution is -2.74. The Morgan fingerprint density at radius 3 is 1.00 bits per heavy atom. The Morgan fingerprint density at radius 1 is 0.625 bits per heavy atom. The van der Waals surface area contributed by atoms with E-state index in [1.807, 2.05) is 0 Å². The number of carbonyl (C=O) groups excluding carboxylic acids is 2. The van der Waals surface area contributed by atoms with E-state index in [9.17, 15) is 9.59 Å². The molecule has 0 unspecified atom stereocenters. The second kappa shape index (κ2) is 3.47. The van der Waals surface area contributed by atoms with Gasteiger partial charge in [0.25, 0.3) is 0 Å². The summed E-state index contributed by atoms with van der Waals surface area (Å²) < 4.78 is -1.14. The molecular formula is C10H8I4O2. The molecule has 4 bridgehead atoms. The lowest BCUT2D eigenvalue weighted by atomic mass is 9.55. The third-order valence-electron chi connectivity index (χ3n) is 3.87. The molecule has 4 aliphatic carbocycles. The minimum atomic E-state index is -0.286. The van der Waals surface area contributed by atoms with Crippen molar-refractivity contribution in [1.29, 1.82) is 0 Å². The summed E-state index contributed by atoms with van der Waals surface area (Å²) in [6.45, 7) is 0. The van der Waals surface area contributed by atoms with E-state index >= 15 is 0 Å². The van der Waals surface area contributed by atoms with E-state index < -0.39 is 0 Å². The largest absolute Gasteiger partial charge is 0.297 e. The van der Waals surface area contributed by atoms with Gasteiger partial charge in [0.1, 0.15) is 0 Å². The minimum Gasteiger partial charge on any atom is -0.297 e. The van der Waals surface area contributed by atoms with Crippen LogP contribution in [0.1, 0.15) is 25.7 Å². The van der Waals surface area contributed by atoms with Gasteiger partial charge in [0, 0.05) is 0 Å². The van der Waals surface area contributed by atoms with Gasteiger partial charge in [-0.05, 0) is 25.7 Å². The monoisotopic (exact) mass is 668 g/mol. The fraction of sp³-hybridized carbons (Fsp3) is 0.800. The van der Waals surface area contributed by atoms with E-state index in [1.165, 1.54) is 0 Å². The van der Waals surface area contributed by atoms with Gasteiger partial charge in [0.15, 0.2) is 11.6 Å². The summed E-state index contributed by atoms with van der Waals surface area (Å²) in [5, 5.41) is 0. The molecule has 4 fully saturated rings. The van der Waals surface area contributed by atoms with Gasteiger partial charge in [-0.15, -0.1) is 0 Å². The van der Waals surface area contributed by atoms with Gasteiger partial charge in [-0.1, -0.05) is 90.4 Å². The van der Waals surface area contributed by atoms with Crippen molar-refractivity contribution in [2.45, 2.75) is 39.4 Å². The number of hydrogen-bond acceptors (Lipinski definition) is 2. The summed E-state index contributed by atoms with van der Waals surface area (Å²) in [6.07, 6.45) is 2.98. The van der Waals surface area contributed by atoms with Crippen LogP contribution in [0.5, 0.6) is 0 Å². The molecule has 0 saturated heterocycles. The van der Waals surface area contributed by atoms with Crippen LogP contribution in [0.15, 0.2) is 0 Å². The fourth-order valence-electron chi connectivity index (χ4n) is 3.47. The molecule has 4 rings (SSSR count). The van der Waals surface area contributed by atoms with Crippen LogP contribution in [0.2, 0.25) is 0 Å². The number of carbonyl (C=O) groups is 2. The van der Waals surface area contributed by atoms with Crippen molar-refractivity contribution in [3.63, 3.8) is 0 Å². The Bertz CT molecular complexity index is 347. The molecule has 4 aliphatic rings. The number of Topliss-reactive ketones (excluding diaryl/α,β-unsaturated/α-hetero) is 2. The Hall–Kier alpha value is 2.26. The average Bonchev–Trinajstić information content (AvgIpc) is 2.08. The van der Waals surface area contributed by atoms with E-state index in [-0.39, 0.29) is 13.7 Å². The molecule has 0 aromatic carbocycles. The number of ketones is 2. The highest BCUT2D eigenvalue weighted by Gasteiger charge is 2.74. The second-order valence-corrected chi connectivity index (χ2v) is 13.5. The predicted octanol–water partition coefficient (Wildman–Crippen LogP) is 3.42. The molecule has 0 N–H and O–H groups in total. The van der Waals surface area contributed by atoms with E-state index in [4.69, 9.17) is 0 Å². The highest BCUT2D eigenvalue weighted by molar-refractivity contribution is 14.1. The van der Waals surface area contributed by atoms with Crippen molar-refractivity contribution in [3.05, 3.63) is 0 Å². The molecule has 0 spiro atoms. The lowest BCUT2D eigenvalue weighted by molar-refractivity contribution is -0.138. The van der Waals surface area contributed by atoms with Crippen LogP contribution >= 0.6 is 90.4 Å². The first-order chi connectivity index (χ1) is 7.14. The number of halogens is 4. The summed E-state index contributed by atoms with van der Waals surface area (Å²) in [4.78, 5) is 25.0. The molecule has 6 heteroatoms. The Morgan fingerprint density at radius 2 is 0.812 bits per heavy atom. The molecule has 0 aromatic heterocycles. The molecule has 0 radical (unpaired) electrons. The van der Waals surface area contributed by atoms with Crippen LogP contribution < -0.4 is 0 Å². The third kappa shape index (κ3) is 1.50. The molecule has 0 atom stereocenters. The molecular weight excluding hydrogens is 660 g/mol. The SMILES string of the molecule is O=C1C2(I)CC3(I)CC1(I)CC(I)(C2)C3=O. The van der Waals surface area contributed by atoms with Crippen molar-refractivity contribution < 1.29 is 9.59 Å². The molecule has 0 amide bonds. The zero-order valence-electron chi connectivity index (χ0n) is 8.16. The van der Waals surface area contributed by atoms with Crippen LogP contribution in [0, 0.1) is 0 Å².